The molecule has 0 aliphatic carbocycles. The zero-order chi connectivity index (χ0) is 14.5. The van der Waals surface area contributed by atoms with Gasteiger partial charge in [0.1, 0.15) is 0 Å². The number of halogens is 2. The van der Waals surface area contributed by atoms with Gasteiger partial charge < -0.3 is 5.11 Å². The van der Waals surface area contributed by atoms with Gasteiger partial charge in [-0.05, 0) is 50.4 Å². The van der Waals surface area contributed by atoms with Gasteiger partial charge in [0, 0.05) is 23.2 Å². The van der Waals surface area contributed by atoms with Crippen molar-refractivity contribution in [3.05, 3.63) is 33.8 Å². The fourth-order valence-electron chi connectivity index (χ4n) is 2.74. The van der Waals surface area contributed by atoms with Gasteiger partial charge in [-0.1, -0.05) is 23.2 Å². The molecule has 2 rings (SSSR count). The van der Waals surface area contributed by atoms with Gasteiger partial charge in [-0.3, -0.25) is 9.69 Å². The number of ketones is 1. The summed E-state index contributed by atoms with van der Waals surface area (Å²) in [4.78, 5) is 14.5. The molecule has 1 aromatic rings. The fourth-order valence-corrected chi connectivity index (χ4v) is 3.13. The molecule has 1 unspecified atom stereocenters. The maximum Gasteiger partial charge on any atom is 0.178 e. The van der Waals surface area contributed by atoms with Gasteiger partial charge in [-0.15, -0.1) is 0 Å². The van der Waals surface area contributed by atoms with Crippen LogP contribution in [0.3, 0.4) is 0 Å². The summed E-state index contributed by atoms with van der Waals surface area (Å²) in [6.07, 6.45) is 3.92. The minimum Gasteiger partial charge on any atom is -0.396 e. The first-order chi connectivity index (χ1) is 9.61. The average Bonchev–Trinajstić information content (AvgIpc) is 2.86. The van der Waals surface area contributed by atoms with E-state index in [0.717, 1.165) is 32.2 Å². The molecule has 1 aliphatic heterocycles. The van der Waals surface area contributed by atoms with Crippen molar-refractivity contribution in [1.29, 1.82) is 0 Å². The van der Waals surface area contributed by atoms with Gasteiger partial charge in [0.15, 0.2) is 5.78 Å². The molecule has 1 N–H and O–H groups in total. The summed E-state index contributed by atoms with van der Waals surface area (Å²) >= 11 is 12.0. The molecule has 0 spiro atoms. The van der Waals surface area contributed by atoms with Crippen LogP contribution in [0.15, 0.2) is 18.2 Å². The molecule has 0 radical (unpaired) electrons. The zero-order valence-corrected chi connectivity index (χ0v) is 12.8. The Hall–Kier alpha value is -0.610. The lowest BCUT2D eigenvalue weighted by molar-refractivity contribution is 0.0916. The van der Waals surface area contributed by atoms with E-state index >= 15 is 0 Å². The van der Waals surface area contributed by atoms with Crippen molar-refractivity contribution in [2.45, 2.75) is 31.7 Å². The lowest BCUT2D eigenvalue weighted by Gasteiger charge is -2.23. The lowest BCUT2D eigenvalue weighted by atomic mass is 10.1. The Morgan fingerprint density at radius 1 is 1.40 bits per heavy atom. The highest BCUT2D eigenvalue weighted by molar-refractivity contribution is 6.36. The number of rotatable bonds is 6. The topological polar surface area (TPSA) is 40.5 Å². The Balaban J connectivity index is 2.01. The van der Waals surface area contributed by atoms with Gasteiger partial charge in [0.25, 0.3) is 0 Å². The number of hydrogen-bond acceptors (Lipinski definition) is 3. The molecule has 0 amide bonds. The number of aliphatic hydroxyl groups is 1. The van der Waals surface area contributed by atoms with Gasteiger partial charge >= 0.3 is 0 Å². The SMILES string of the molecule is O=C(CN1CCCC1CCCO)c1cc(Cl)ccc1Cl. The van der Waals surface area contributed by atoms with Crippen LogP contribution in [0.4, 0.5) is 0 Å². The fraction of sp³-hybridized carbons (Fsp3) is 0.533. The van der Waals surface area contributed by atoms with Crippen LogP contribution in [-0.2, 0) is 0 Å². The lowest BCUT2D eigenvalue weighted by Crippen LogP contribution is -2.34. The van der Waals surface area contributed by atoms with Crippen LogP contribution < -0.4 is 0 Å². The predicted octanol–water partition coefficient (Wildman–Crippen LogP) is 3.41. The molecule has 3 nitrogen and oxygen atoms in total. The van der Waals surface area contributed by atoms with Crippen LogP contribution in [0, 0.1) is 0 Å². The molecular formula is C15H19Cl2NO2. The number of hydrogen-bond donors (Lipinski definition) is 1. The van der Waals surface area contributed by atoms with Crippen molar-refractivity contribution in [3.63, 3.8) is 0 Å². The maximum atomic E-state index is 12.4. The van der Waals surface area contributed by atoms with Gasteiger partial charge in [-0.25, -0.2) is 0 Å². The molecule has 1 heterocycles. The van der Waals surface area contributed by atoms with E-state index in [1.54, 1.807) is 18.2 Å². The van der Waals surface area contributed by atoms with E-state index in [1.807, 2.05) is 0 Å². The highest BCUT2D eigenvalue weighted by Crippen LogP contribution is 2.24. The maximum absolute atomic E-state index is 12.4. The second kappa shape index (κ2) is 7.41. The number of benzene rings is 1. The monoisotopic (exact) mass is 315 g/mol. The first-order valence-corrected chi connectivity index (χ1v) is 7.70. The zero-order valence-electron chi connectivity index (χ0n) is 11.3. The molecule has 1 saturated heterocycles. The van der Waals surface area contributed by atoms with E-state index in [4.69, 9.17) is 28.3 Å². The van der Waals surface area contributed by atoms with Crippen LogP contribution in [0.2, 0.25) is 10.0 Å². The summed E-state index contributed by atoms with van der Waals surface area (Å²) in [5.41, 5.74) is 0.493. The Morgan fingerprint density at radius 3 is 2.95 bits per heavy atom. The molecule has 1 atom stereocenters. The Kier molecular flexibility index (Phi) is 5.85. The van der Waals surface area contributed by atoms with Crippen LogP contribution in [0.25, 0.3) is 0 Å². The van der Waals surface area contributed by atoms with Crippen LogP contribution in [0.5, 0.6) is 0 Å². The van der Waals surface area contributed by atoms with E-state index < -0.39 is 0 Å². The first kappa shape index (κ1) is 15.8. The van der Waals surface area contributed by atoms with Crippen molar-refractivity contribution in [1.82, 2.24) is 4.90 Å². The normalized spacial score (nSPS) is 19.4. The van der Waals surface area contributed by atoms with Crippen LogP contribution in [0.1, 0.15) is 36.0 Å². The van der Waals surface area contributed by atoms with E-state index in [2.05, 4.69) is 4.90 Å². The summed E-state index contributed by atoms with van der Waals surface area (Å²) in [6, 6.07) is 5.36. The average molecular weight is 316 g/mol. The number of aliphatic hydroxyl groups excluding tert-OH is 1. The third-order valence-corrected chi connectivity index (χ3v) is 4.33. The van der Waals surface area contributed by atoms with Crippen LogP contribution in [-0.4, -0.2) is 41.5 Å². The summed E-state index contributed by atoms with van der Waals surface area (Å²) in [5.74, 6) is 0.00778. The summed E-state index contributed by atoms with van der Waals surface area (Å²) in [5, 5.41) is 9.90. The second-order valence-corrected chi connectivity index (χ2v) is 6.02. The Labute approximate surface area is 129 Å². The molecule has 0 saturated carbocycles. The quantitative estimate of drug-likeness (QED) is 0.818. The van der Waals surface area contributed by atoms with Crippen molar-refractivity contribution in [3.8, 4) is 0 Å². The van der Waals surface area contributed by atoms with E-state index in [1.165, 1.54) is 0 Å². The molecule has 20 heavy (non-hydrogen) atoms. The van der Waals surface area contributed by atoms with E-state index in [0.29, 0.717) is 28.2 Å². The minimum atomic E-state index is 0.00778. The van der Waals surface area contributed by atoms with Crippen molar-refractivity contribution >= 4 is 29.0 Å². The molecule has 0 bridgehead atoms. The third kappa shape index (κ3) is 3.95. The molecule has 1 fully saturated rings. The Morgan fingerprint density at radius 2 is 2.20 bits per heavy atom. The number of carbonyl (C=O) groups excluding carboxylic acids is 1. The van der Waals surface area contributed by atoms with Crippen molar-refractivity contribution in [2.24, 2.45) is 0 Å². The van der Waals surface area contributed by atoms with Crippen molar-refractivity contribution in [2.75, 3.05) is 19.7 Å². The molecule has 0 aromatic heterocycles. The predicted molar refractivity (Wildman–Crippen MR) is 81.7 cm³/mol. The molecule has 1 aliphatic rings. The first-order valence-electron chi connectivity index (χ1n) is 6.95. The highest BCUT2D eigenvalue weighted by atomic mass is 35.5. The smallest absolute Gasteiger partial charge is 0.178 e. The van der Waals surface area contributed by atoms with Gasteiger partial charge in [-0.2, -0.15) is 0 Å². The number of nitrogens with zero attached hydrogens (tertiary/aromatic N) is 1. The number of carbonyl (C=O) groups is 1. The highest BCUT2D eigenvalue weighted by Gasteiger charge is 2.26. The number of likely N-dealkylation sites (tertiary alicyclic amines) is 1. The molecule has 110 valence electrons. The van der Waals surface area contributed by atoms with Gasteiger partial charge in [0.05, 0.1) is 11.6 Å². The molecule has 5 heteroatoms. The largest absolute Gasteiger partial charge is 0.396 e. The summed E-state index contributed by atoms with van der Waals surface area (Å²) in [6.45, 7) is 1.51. The summed E-state index contributed by atoms with van der Waals surface area (Å²) < 4.78 is 0. The third-order valence-electron chi connectivity index (χ3n) is 3.77. The standard InChI is InChI=1S/C15H19Cl2NO2/c16-11-5-6-14(17)13(9-11)15(20)10-18-7-1-3-12(18)4-2-8-19/h5-6,9,12,19H,1-4,7-8,10H2. The van der Waals surface area contributed by atoms with Gasteiger partial charge in [0.2, 0.25) is 0 Å². The van der Waals surface area contributed by atoms with Crippen LogP contribution >= 0.6 is 23.2 Å². The molecule has 1 aromatic carbocycles. The van der Waals surface area contributed by atoms with E-state index in [-0.39, 0.29) is 12.4 Å². The van der Waals surface area contributed by atoms with E-state index in [9.17, 15) is 4.79 Å². The van der Waals surface area contributed by atoms with Crippen molar-refractivity contribution < 1.29 is 9.90 Å². The Bertz CT molecular complexity index is 479. The second-order valence-electron chi connectivity index (χ2n) is 5.18. The summed E-state index contributed by atoms with van der Waals surface area (Å²) in [7, 11) is 0. The molecular weight excluding hydrogens is 297 g/mol. The number of Topliss-reactive ketones (excluding diaryl/α,β-unsaturated/α-hetero) is 1. The minimum absolute atomic E-state index is 0.00778.